The lowest BCUT2D eigenvalue weighted by Crippen LogP contribution is -2.38. The first-order valence-corrected chi connectivity index (χ1v) is 9.93. The number of benzene rings is 2. The SMILES string of the molecule is COc1ccc(F)c(N2CCC(Oc3ccc(N4CCCC4)cc3F)CC2)c1. The van der Waals surface area contributed by atoms with Crippen LogP contribution in [0.2, 0.25) is 0 Å². The summed E-state index contributed by atoms with van der Waals surface area (Å²) in [5, 5.41) is 0. The van der Waals surface area contributed by atoms with Gasteiger partial charge < -0.3 is 19.3 Å². The van der Waals surface area contributed by atoms with Crippen LogP contribution < -0.4 is 19.3 Å². The van der Waals surface area contributed by atoms with E-state index in [-0.39, 0.29) is 17.7 Å². The second kappa shape index (κ2) is 8.25. The van der Waals surface area contributed by atoms with Gasteiger partial charge >= 0.3 is 0 Å². The molecule has 0 unspecified atom stereocenters. The van der Waals surface area contributed by atoms with Crippen LogP contribution in [-0.4, -0.2) is 39.4 Å². The Kier molecular flexibility index (Phi) is 5.55. The summed E-state index contributed by atoms with van der Waals surface area (Å²) in [5.74, 6) is 0.360. The molecule has 0 atom stereocenters. The Bertz CT molecular complexity index is 816. The van der Waals surface area contributed by atoms with Crippen molar-refractivity contribution >= 4 is 11.4 Å². The third kappa shape index (κ3) is 4.01. The number of hydrogen-bond donors (Lipinski definition) is 0. The summed E-state index contributed by atoms with van der Waals surface area (Å²) in [5.41, 5.74) is 1.46. The maximum absolute atomic E-state index is 14.5. The molecule has 2 fully saturated rings. The molecule has 0 aliphatic carbocycles. The normalized spacial score (nSPS) is 17.8. The first-order chi connectivity index (χ1) is 13.6. The number of halogens is 2. The van der Waals surface area contributed by atoms with E-state index in [2.05, 4.69) is 4.90 Å². The second-order valence-electron chi connectivity index (χ2n) is 7.43. The lowest BCUT2D eigenvalue weighted by molar-refractivity contribution is 0.163. The highest BCUT2D eigenvalue weighted by Gasteiger charge is 2.24. The van der Waals surface area contributed by atoms with Crippen molar-refractivity contribution in [3.8, 4) is 11.5 Å². The van der Waals surface area contributed by atoms with Gasteiger partial charge in [-0.1, -0.05) is 0 Å². The highest BCUT2D eigenvalue weighted by Crippen LogP contribution is 2.31. The molecule has 2 aromatic rings. The molecule has 0 aromatic heterocycles. The monoisotopic (exact) mass is 388 g/mol. The lowest BCUT2D eigenvalue weighted by Gasteiger charge is -2.34. The molecule has 2 aliphatic heterocycles. The minimum absolute atomic E-state index is 0.0722. The van der Waals surface area contributed by atoms with E-state index in [4.69, 9.17) is 9.47 Å². The van der Waals surface area contributed by atoms with Crippen molar-refractivity contribution in [3.63, 3.8) is 0 Å². The van der Waals surface area contributed by atoms with Crippen molar-refractivity contribution in [2.24, 2.45) is 0 Å². The van der Waals surface area contributed by atoms with Crippen molar-refractivity contribution in [2.75, 3.05) is 43.1 Å². The quantitative estimate of drug-likeness (QED) is 0.746. The molecule has 4 rings (SSSR count). The summed E-state index contributed by atoms with van der Waals surface area (Å²) in [7, 11) is 1.57. The summed E-state index contributed by atoms with van der Waals surface area (Å²) in [4.78, 5) is 4.19. The minimum Gasteiger partial charge on any atom is -0.497 e. The van der Waals surface area contributed by atoms with Gasteiger partial charge in [0.25, 0.3) is 0 Å². The number of ether oxygens (including phenoxy) is 2. The number of methoxy groups -OCH3 is 1. The van der Waals surface area contributed by atoms with E-state index >= 15 is 0 Å². The van der Waals surface area contributed by atoms with E-state index in [1.165, 1.54) is 6.07 Å². The fourth-order valence-electron chi connectivity index (χ4n) is 4.01. The molecule has 0 spiro atoms. The molecule has 0 saturated carbocycles. The van der Waals surface area contributed by atoms with Gasteiger partial charge in [0.15, 0.2) is 11.6 Å². The molecule has 28 heavy (non-hydrogen) atoms. The van der Waals surface area contributed by atoms with Crippen LogP contribution >= 0.6 is 0 Å². The van der Waals surface area contributed by atoms with Crippen LogP contribution in [0.25, 0.3) is 0 Å². The predicted molar refractivity (Wildman–Crippen MR) is 107 cm³/mol. The van der Waals surface area contributed by atoms with E-state index in [9.17, 15) is 8.78 Å². The average Bonchev–Trinajstić information content (AvgIpc) is 3.25. The van der Waals surface area contributed by atoms with Gasteiger partial charge in [-0.05, 0) is 37.1 Å². The topological polar surface area (TPSA) is 24.9 Å². The van der Waals surface area contributed by atoms with Crippen molar-refractivity contribution in [2.45, 2.75) is 31.8 Å². The molecule has 2 aromatic carbocycles. The first kappa shape index (κ1) is 18.8. The summed E-state index contributed by atoms with van der Waals surface area (Å²) < 4.78 is 39.8. The maximum atomic E-state index is 14.5. The van der Waals surface area contributed by atoms with Crippen LogP contribution in [0.1, 0.15) is 25.7 Å². The number of hydrogen-bond acceptors (Lipinski definition) is 4. The predicted octanol–water partition coefficient (Wildman–Crippen LogP) is 4.62. The molecule has 150 valence electrons. The standard InChI is InChI=1S/C22H26F2N2O2/c1-27-18-5-6-19(23)21(15-18)26-12-8-17(9-13-26)28-22-7-4-16(14-20(22)24)25-10-2-3-11-25/h4-7,14-15,17H,2-3,8-13H2,1H3. The van der Waals surface area contributed by atoms with E-state index in [1.807, 2.05) is 11.0 Å². The van der Waals surface area contributed by atoms with Gasteiger partial charge in [0.2, 0.25) is 0 Å². The van der Waals surface area contributed by atoms with Gasteiger partial charge in [0, 0.05) is 56.8 Å². The molecule has 4 nitrogen and oxygen atoms in total. The zero-order chi connectivity index (χ0) is 19.5. The van der Waals surface area contributed by atoms with Gasteiger partial charge in [0.05, 0.1) is 12.8 Å². The smallest absolute Gasteiger partial charge is 0.167 e. The summed E-state index contributed by atoms with van der Waals surface area (Å²) in [6.07, 6.45) is 3.67. The number of anilines is 2. The van der Waals surface area contributed by atoms with Crippen LogP contribution in [0.15, 0.2) is 36.4 Å². The van der Waals surface area contributed by atoms with Crippen molar-refractivity contribution < 1.29 is 18.3 Å². The molecule has 0 N–H and O–H groups in total. The van der Waals surface area contributed by atoms with Crippen molar-refractivity contribution in [3.05, 3.63) is 48.0 Å². The highest BCUT2D eigenvalue weighted by atomic mass is 19.1. The summed E-state index contributed by atoms with van der Waals surface area (Å²) >= 11 is 0. The number of nitrogens with zero attached hydrogens (tertiary/aromatic N) is 2. The first-order valence-electron chi connectivity index (χ1n) is 9.93. The maximum Gasteiger partial charge on any atom is 0.167 e. The largest absolute Gasteiger partial charge is 0.497 e. The molecular weight excluding hydrogens is 362 g/mol. The van der Waals surface area contributed by atoms with Gasteiger partial charge in [-0.15, -0.1) is 0 Å². The van der Waals surface area contributed by atoms with Gasteiger partial charge in [-0.25, -0.2) is 8.78 Å². The van der Waals surface area contributed by atoms with Crippen LogP contribution in [-0.2, 0) is 0 Å². The molecule has 6 heteroatoms. The van der Waals surface area contributed by atoms with Crippen molar-refractivity contribution in [1.29, 1.82) is 0 Å². The molecule has 0 amide bonds. The van der Waals surface area contributed by atoms with E-state index in [0.29, 0.717) is 43.1 Å². The minimum atomic E-state index is -0.314. The van der Waals surface area contributed by atoms with Gasteiger partial charge in [0.1, 0.15) is 17.7 Å². The second-order valence-corrected chi connectivity index (χ2v) is 7.43. The lowest BCUT2D eigenvalue weighted by atomic mass is 10.1. The molecular formula is C22H26F2N2O2. The Hall–Kier alpha value is -2.50. The Morgan fingerprint density at radius 1 is 0.857 bits per heavy atom. The third-order valence-corrected chi connectivity index (χ3v) is 5.62. The average molecular weight is 388 g/mol. The Labute approximate surface area is 164 Å². The molecule has 0 bridgehead atoms. The van der Waals surface area contributed by atoms with E-state index in [0.717, 1.165) is 31.6 Å². The Morgan fingerprint density at radius 3 is 2.29 bits per heavy atom. The highest BCUT2D eigenvalue weighted by molar-refractivity contribution is 5.53. The fourth-order valence-corrected chi connectivity index (χ4v) is 4.01. The van der Waals surface area contributed by atoms with Crippen LogP contribution in [0.3, 0.4) is 0 Å². The summed E-state index contributed by atoms with van der Waals surface area (Å²) in [6.45, 7) is 3.28. The summed E-state index contributed by atoms with van der Waals surface area (Å²) in [6, 6.07) is 9.99. The number of rotatable bonds is 5. The van der Waals surface area contributed by atoms with Crippen LogP contribution in [0.4, 0.5) is 20.2 Å². The van der Waals surface area contributed by atoms with Crippen LogP contribution in [0.5, 0.6) is 11.5 Å². The van der Waals surface area contributed by atoms with Crippen molar-refractivity contribution in [1.82, 2.24) is 0 Å². The van der Waals surface area contributed by atoms with E-state index < -0.39 is 0 Å². The molecule has 2 aliphatic rings. The van der Waals surface area contributed by atoms with Gasteiger partial charge in [-0.2, -0.15) is 0 Å². The zero-order valence-corrected chi connectivity index (χ0v) is 16.2. The van der Waals surface area contributed by atoms with Gasteiger partial charge in [-0.3, -0.25) is 0 Å². The Balaban J connectivity index is 1.37. The molecule has 2 saturated heterocycles. The third-order valence-electron chi connectivity index (χ3n) is 5.62. The molecule has 0 radical (unpaired) electrons. The fraction of sp³-hybridized carbons (Fsp3) is 0.455. The van der Waals surface area contributed by atoms with Crippen LogP contribution in [0, 0.1) is 11.6 Å². The van der Waals surface area contributed by atoms with E-state index in [1.54, 1.807) is 31.4 Å². The number of piperidine rings is 1. The zero-order valence-electron chi connectivity index (χ0n) is 16.2. The molecule has 2 heterocycles. The Morgan fingerprint density at radius 2 is 1.61 bits per heavy atom.